The molecule has 0 aromatic carbocycles. The first-order valence-electron chi connectivity index (χ1n) is 6.49. The Kier molecular flexibility index (Phi) is 5.73. The Balaban J connectivity index is 2.25. The molecule has 1 heterocycles. The van der Waals surface area contributed by atoms with E-state index < -0.39 is 0 Å². The van der Waals surface area contributed by atoms with Crippen LogP contribution in [-0.4, -0.2) is 37.5 Å². The molecule has 3 nitrogen and oxygen atoms in total. The smallest absolute Gasteiger partial charge is 0.0700 e. The van der Waals surface area contributed by atoms with Gasteiger partial charge >= 0.3 is 0 Å². The van der Waals surface area contributed by atoms with E-state index in [-0.39, 0.29) is 5.54 Å². The van der Waals surface area contributed by atoms with Crippen molar-refractivity contribution < 1.29 is 9.47 Å². The zero-order chi connectivity index (χ0) is 12.0. The molecule has 96 valence electrons. The summed E-state index contributed by atoms with van der Waals surface area (Å²) in [6.45, 7) is 11.4. The van der Waals surface area contributed by atoms with Gasteiger partial charge in [0.05, 0.1) is 12.2 Å². The van der Waals surface area contributed by atoms with Crippen LogP contribution in [-0.2, 0) is 9.47 Å². The summed E-state index contributed by atoms with van der Waals surface area (Å²) < 4.78 is 11.4. The van der Waals surface area contributed by atoms with Crippen molar-refractivity contribution in [2.45, 2.75) is 64.7 Å². The van der Waals surface area contributed by atoms with Gasteiger partial charge in [-0.2, -0.15) is 0 Å². The predicted octanol–water partition coefficient (Wildman–Crippen LogP) is 2.35. The summed E-state index contributed by atoms with van der Waals surface area (Å²) in [7, 11) is 0. The Morgan fingerprint density at radius 2 is 1.94 bits per heavy atom. The maximum atomic E-state index is 6.09. The van der Waals surface area contributed by atoms with Crippen LogP contribution in [0.25, 0.3) is 0 Å². The number of ether oxygens (including phenoxy) is 2. The van der Waals surface area contributed by atoms with Gasteiger partial charge < -0.3 is 14.8 Å². The molecule has 0 aliphatic carbocycles. The van der Waals surface area contributed by atoms with Crippen LogP contribution in [0.4, 0.5) is 0 Å². The van der Waals surface area contributed by atoms with Gasteiger partial charge in [0.2, 0.25) is 0 Å². The monoisotopic (exact) mass is 229 g/mol. The maximum Gasteiger partial charge on any atom is 0.0700 e. The summed E-state index contributed by atoms with van der Waals surface area (Å²) in [6, 6.07) is 0. The van der Waals surface area contributed by atoms with Gasteiger partial charge in [-0.25, -0.2) is 0 Å². The van der Waals surface area contributed by atoms with Crippen LogP contribution < -0.4 is 5.32 Å². The van der Waals surface area contributed by atoms with E-state index in [1.807, 2.05) is 0 Å². The highest BCUT2D eigenvalue weighted by atomic mass is 16.5. The van der Waals surface area contributed by atoms with Gasteiger partial charge in [-0.3, -0.25) is 0 Å². The first kappa shape index (κ1) is 13.9. The van der Waals surface area contributed by atoms with Gasteiger partial charge in [0.15, 0.2) is 0 Å². The fourth-order valence-corrected chi connectivity index (χ4v) is 1.79. The summed E-state index contributed by atoms with van der Waals surface area (Å²) in [5.41, 5.74) is 0.173. The van der Waals surface area contributed by atoms with Crippen LogP contribution in [0.2, 0.25) is 0 Å². The second-order valence-corrected chi connectivity index (χ2v) is 5.61. The molecule has 1 fully saturated rings. The largest absolute Gasteiger partial charge is 0.381 e. The highest BCUT2D eigenvalue weighted by molar-refractivity contribution is 4.74. The molecule has 1 saturated heterocycles. The fourth-order valence-electron chi connectivity index (χ4n) is 1.79. The Hall–Kier alpha value is -0.120. The summed E-state index contributed by atoms with van der Waals surface area (Å²) in [5.74, 6) is 0. The summed E-state index contributed by atoms with van der Waals surface area (Å²) in [4.78, 5) is 0. The van der Waals surface area contributed by atoms with Crippen molar-refractivity contribution >= 4 is 0 Å². The highest BCUT2D eigenvalue weighted by Crippen LogP contribution is 2.14. The van der Waals surface area contributed by atoms with E-state index in [1.165, 1.54) is 0 Å². The van der Waals surface area contributed by atoms with E-state index in [1.54, 1.807) is 0 Å². The number of hydrogen-bond donors (Lipinski definition) is 1. The molecule has 0 radical (unpaired) electrons. The lowest BCUT2D eigenvalue weighted by Gasteiger charge is -2.30. The van der Waals surface area contributed by atoms with Crippen molar-refractivity contribution in [3.05, 3.63) is 0 Å². The highest BCUT2D eigenvalue weighted by Gasteiger charge is 2.19. The molecule has 1 N–H and O–H groups in total. The first-order valence-corrected chi connectivity index (χ1v) is 6.49. The first-order chi connectivity index (χ1) is 7.51. The standard InChI is InChI=1S/C13H27NO2/c1-5-11(10-14-13(2,3)4)16-12-6-8-15-9-7-12/h11-12,14H,5-10H2,1-4H3. The fraction of sp³-hybridized carbons (Fsp3) is 1.00. The van der Waals surface area contributed by atoms with E-state index in [0.717, 1.165) is 39.0 Å². The molecule has 1 unspecified atom stereocenters. The van der Waals surface area contributed by atoms with Gasteiger partial charge in [0.25, 0.3) is 0 Å². The normalized spacial score (nSPS) is 21.0. The molecule has 1 atom stereocenters. The quantitative estimate of drug-likeness (QED) is 0.785. The van der Waals surface area contributed by atoms with Crippen LogP contribution in [0.1, 0.15) is 47.0 Å². The Bertz CT molecular complexity index is 183. The number of nitrogens with one attached hydrogen (secondary N) is 1. The molecule has 0 saturated carbocycles. The van der Waals surface area contributed by atoms with E-state index in [9.17, 15) is 0 Å². The minimum atomic E-state index is 0.173. The Labute approximate surface area is 99.9 Å². The third kappa shape index (κ3) is 5.83. The molecule has 1 aliphatic rings. The van der Waals surface area contributed by atoms with Gasteiger partial charge in [-0.05, 0) is 40.0 Å². The van der Waals surface area contributed by atoms with Crippen molar-refractivity contribution in [1.82, 2.24) is 5.32 Å². The zero-order valence-electron chi connectivity index (χ0n) is 11.2. The Morgan fingerprint density at radius 3 is 2.44 bits per heavy atom. The second-order valence-electron chi connectivity index (χ2n) is 5.61. The summed E-state index contributed by atoms with van der Waals surface area (Å²) in [6.07, 6.45) is 3.90. The second kappa shape index (κ2) is 6.58. The average molecular weight is 229 g/mol. The maximum absolute atomic E-state index is 6.09. The van der Waals surface area contributed by atoms with Crippen LogP contribution in [0.15, 0.2) is 0 Å². The lowest BCUT2D eigenvalue weighted by atomic mass is 10.1. The van der Waals surface area contributed by atoms with Crippen LogP contribution in [0.3, 0.4) is 0 Å². The number of hydrogen-bond acceptors (Lipinski definition) is 3. The van der Waals surface area contributed by atoms with E-state index >= 15 is 0 Å². The molecular weight excluding hydrogens is 202 g/mol. The minimum absolute atomic E-state index is 0.173. The van der Waals surface area contributed by atoms with E-state index in [2.05, 4.69) is 33.0 Å². The molecule has 0 aromatic rings. The third-order valence-electron chi connectivity index (χ3n) is 2.87. The minimum Gasteiger partial charge on any atom is -0.381 e. The SMILES string of the molecule is CCC(CNC(C)(C)C)OC1CCOCC1. The van der Waals surface area contributed by atoms with Gasteiger partial charge in [0.1, 0.15) is 0 Å². The van der Waals surface area contributed by atoms with Gasteiger partial charge in [-0.1, -0.05) is 6.92 Å². The van der Waals surface area contributed by atoms with Gasteiger partial charge in [0, 0.05) is 25.3 Å². The summed E-state index contributed by atoms with van der Waals surface area (Å²) >= 11 is 0. The van der Waals surface area contributed by atoms with Crippen molar-refractivity contribution in [2.24, 2.45) is 0 Å². The molecule has 0 bridgehead atoms. The molecule has 3 heteroatoms. The Morgan fingerprint density at radius 1 is 1.31 bits per heavy atom. The molecule has 0 amide bonds. The zero-order valence-corrected chi connectivity index (χ0v) is 11.2. The van der Waals surface area contributed by atoms with Crippen LogP contribution in [0.5, 0.6) is 0 Å². The molecule has 1 rings (SSSR count). The summed E-state index contributed by atoms with van der Waals surface area (Å²) in [5, 5.41) is 3.51. The molecule has 0 spiro atoms. The lowest BCUT2D eigenvalue weighted by Crippen LogP contribution is -2.43. The van der Waals surface area contributed by atoms with E-state index in [0.29, 0.717) is 12.2 Å². The molecule has 1 aliphatic heterocycles. The topological polar surface area (TPSA) is 30.5 Å². The van der Waals surface area contributed by atoms with Crippen molar-refractivity contribution in [2.75, 3.05) is 19.8 Å². The predicted molar refractivity (Wildman–Crippen MR) is 66.8 cm³/mol. The van der Waals surface area contributed by atoms with Crippen LogP contribution in [0, 0.1) is 0 Å². The third-order valence-corrected chi connectivity index (χ3v) is 2.87. The molecular formula is C13H27NO2. The number of rotatable bonds is 5. The van der Waals surface area contributed by atoms with Crippen LogP contribution >= 0.6 is 0 Å². The van der Waals surface area contributed by atoms with E-state index in [4.69, 9.17) is 9.47 Å². The molecule has 16 heavy (non-hydrogen) atoms. The lowest BCUT2D eigenvalue weighted by molar-refractivity contribution is -0.0693. The average Bonchev–Trinajstić information content (AvgIpc) is 2.24. The van der Waals surface area contributed by atoms with Crippen molar-refractivity contribution in [3.63, 3.8) is 0 Å². The molecule has 0 aromatic heterocycles. The van der Waals surface area contributed by atoms with Crippen molar-refractivity contribution in [1.29, 1.82) is 0 Å². The van der Waals surface area contributed by atoms with Crippen molar-refractivity contribution in [3.8, 4) is 0 Å². The van der Waals surface area contributed by atoms with Gasteiger partial charge in [-0.15, -0.1) is 0 Å².